The van der Waals surface area contributed by atoms with Gasteiger partial charge in [0.15, 0.2) is 0 Å². The van der Waals surface area contributed by atoms with Crippen LogP contribution in [0.25, 0.3) is 0 Å². The van der Waals surface area contributed by atoms with Crippen molar-refractivity contribution in [1.82, 2.24) is 0 Å². The van der Waals surface area contributed by atoms with Gasteiger partial charge >= 0.3 is 0 Å². The van der Waals surface area contributed by atoms with E-state index in [0.717, 1.165) is 0 Å². The normalized spacial score (nSPS) is 29.5. The second-order valence-electron chi connectivity index (χ2n) is 4.64. The maximum Gasteiger partial charge on any atom is 0.143 e. The first-order valence-corrected chi connectivity index (χ1v) is 5.94. The van der Waals surface area contributed by atoms with Gasteiger partial charge < -0.3 is 4.74 Å². The molecule has 0 N–H and O–H groups in total. The first-order chi connectivity index (χ1) is 8.51. The zero-order valence-electron chi connectivity index (χ0n) is 11.6. The van der Waals surface area contributed by atoms with Gasteiger partial charge in [-0.25, -0.2) is 0 Å². The van der Waals surface area contributed by atoms with Crippen LogP contribution in [0.2, 0.25) is 0 Å². The van der Waals surface area contributed by atoms with E-state index >= 15 is 0 Å². The van der Waals surface area contributed by atoms with E-state index in [1.165, 1.54) is 23.7 Å². The van der Waals surface area contributed by atoms with E-state index in [1.54, 1.807) is 0 Å². The molecule has 1 saturated carbocycles. The fourth-order valence-corrected chi connectivity index (χ4v) is 1.87. The monoisotopic (exact) mass is 310 g/mol. The molecule has 6 heteroatoms. The fourth-order valence-electron chi connectivity index (χ4n) is 1.87. The Morgan fingerprint density at radius 2 is 1.32 bits per heavy atom. The molecule has 2 unspecified atom stereocenters. The maximum atomic E-state index is 9.85. The predicted octanol–water partition coefficient (Wildman–Crippen LogP) is 2.87. The second-order valence-corrected chi connectivity index (χ2v) is 4.64. The first kappa shape index (κ1) is 18.7. The summed E-state index contributed by atoms with van der Waals surface area (Å²) in [6.45, 7) is 9.15. The molecule has 0 spiro atoms. The summed E-state index contributed by atoms with van der Waals surface area (Å²) < 4.78 is 4.76. The van der Waals surface area contributed by atoms with E-state index in [1.807, 2.05) is 0 Å². The average Bonchev–Trinajstić information content (AvgIpc) is 2.91. The molecular formula is C13H19CoN2O3. The minimum absolute atomic E-state index is 0. The summed E-state index contributed by atoms with van der Waals surface area (Å²) in [5.41, 5.74) is 0. The van der Waals surface area contributed by atoms with Gasteiger partial charge in [0.25, 0.3) is 0 Å². The molecule has 1 aliphatic heterocycles. The Kier molecular flexibility index (Phi) is 8.61. The quantitative estimate of drug-likeness (QED) is 0.736. The summed E-state index contributed by atoms with van der Waals surface area (Å²) in [7, 11) is 0. The van der Waals surface area contributed by atoms with Crippen molar-refractivity contribution in [2.45, 2.75) is 39.8 Å². The Morgan fingerprint density at radius 1 is 0.947 bits per heavy atom. The molecule has 1 saturated heterocycles. The third kappa shape index (κ3) is 4.93. The predicted molar refractivity (Wildman–Crippen MR) is 70.0 cm³/mol. The Hall–Kier alpha value is -0.334. The largest absolute Gasteiger partial charge is 0.377 e. The van der Waals surface area contributed by atoms with Crippen LogP contribution in [0.3, 0.4) is 0 Å². The number of nitroso groups, excluding NO2 is 2. The van der Waals surface area contributed by atoms with Crippen LogP contribution in [-0.2, 0) is 21.5 Å². The second kappa shape index (κ2) is 8.76. The number of ether oxygens (including phenoxy) is 1. The van der Waals surface area contributed by atoms with Gasteiger partial charge in [-0.1, -0.05) is 38.0 Å². The average molecular weight is 310 g/mol. The van der Waals surface area contributed by atoms with E-state index in [2.05, 4.69) is 44.5 Å². The van der Waals surface area contributed by atoms with Crippen molar-refractivity contribution in [3.05, 3.63) is 39.9 Å². The van der Waals surface area contributed by atoms with Crippen LogP contribution in [0.1, 0.15) is 27.7 Å². The molecule has 2 rings (SSSR count). The van der Waals surface area contributed by atoms with Gasteiger partial charge in [-0.2, -0.15) is 9.81 Å². The Labute approximate surface area is 125 Å². The summed E-state index contributed by atoms with van der Waals surface area (Å²) in [6, 6.07) is -1.11. The molecule has 1 heterocycles. The Morgan fingerprint density at radius 3 is 1.53 bits per heavy atom. The molecule has 0 bridgehead atoms. The van der Waals surface area contributed by atoms with Crippen LogP contribution in [0.4, 0.5) is 0 Å². The van der Waals surface area contributed by atoms with Crippen LogP contribution >= 0.6 is 0 Å². The van der Waals surface area contributed by atoms with Gasteiger partial charge in [0, 0.05) is 16.8 Å². The van der Waals surface area contributed by atoms with Crippen molar-refractivity contribution >= 4 is 0 Å². The molecule has 19 heavy (non-hydrogen) atoms. The molecule has 2 atom stereocenters. The van der Waals surface area contributed by atoms with E-state index in [0.29, 0.717) is 0 Å². The standard InChI is InChI=1S/C9H13.C4H6N2O3.Co/c1-6-5-7(2)9(4)8(6)3;7-5-3-1-9-2-4(3)6-8;/h5H,1-4H3;3-4H,1-2H2;. The molecule has 0 aromatic rings. The number of nitrogens with zero attached hydrogens (tertiary/aromatic N) is 2. The zero-order chi connectivity index (χ0) is 13.7. The van der Waals surface area contributed by atoms with Crippen LogP contribution in [0, 0.1) is 39.9 Å². The molecule has 2 fully saturated rings. The summed E-state index contributed by atoms with van der Waals surface area (Å²) in [5.74, 6) is 5.75. The zero-order valence-corrected chi connectivity index (χ0v) is 12.6. The molecule has 6 radical (unpaired) electrons. The van der Waals surface area contributed by atoms with E-state index in [-0.39, 0.29) is 30.0 Å². The van der Waals surface area contributed by atoms with Crippen LogP contribution in [-0.4, -0.2) is 25.3 Å². The SMILES string of the molecule is C[C]1[CH][C](C)[C](C)[C]1C.O=NC1COCC1N=O.[Co]. The number of hydrogen-bond donors (Lipinski definition) is 0. The van der Waals surface area contributed by atoms with Gasteiger partial charge in [-0.05, 0) is 30.1 Å². The van der Waals surface area contributed by atoms with Gasteiger partial charge in [0.2, 0.25) is 0 Å². The van der Waals surface area contributed by atoms with Crippen molar-refractivity contribution in [2.24, 2.45) is 10.4 Å². The van der Waals surface area contributed by atoms with Gasteiger partial charge in [0.05, 0.1) is 13.2 Å². The van der Waals surface area contributed by atoms with Crippen molar-refractivity contribution in [2.75, 3.05) is 13.2 Å². The van der Waals surface area contributed by atoms with Gasteiger partial charge in [-0.15, -0.1) is 0 Å². The summed E-state index contributed by atoms with van der Waals surface area (Å²) in [5, 5.41) is 5.34. The summed E-state index contributed by atoms with van der Waals surface area (Å²) >= 11 is 0. The number of rotatable bonds is 2. The molecule has 5 nitrogen and oxygen atoms in total. The van der Waals surface area contributed by atoms with Gasteiger partial charge in [0.1, 0.15) is 12.1 Å². The van der Waals surface area contributed by atoms with Crippen molar-refractivity contribution in [3.8, 4) is 0 Å². The van der Waals surface area contributed by atoms with Crippen LogP contribution in [0.5, 0.6) is 0 Å². The minimum Gasteiger partial charge on any atom is -0.377 e. The molecule has 0 amide bonds. The van der Waals surface area contributed by atoms with Crippen molar-refractivity contribution in [1.29, 1.82) is 0 Å². The van der Waals surface area contributed by atoms with Crippen LogP contribution < -0.4 is 0 Å². The van der Waals surface area contributed by atoms with Crippen LogP contribution in [0.15, 0.2) is 10.4 Å². The molecule has 0 aromatic carbocycles. The first-order valence-electron chi connectivity index (χ1n) is 5.94. The third-order valence-electron chi connectivity index (χ3n) is 3.47. The van der Waals surface area contributed by atoms with E-state index in [9.17, 15) is 9.81 Å². The molecule has 2 aliphatic rings. The summed E-state index contributed by atoms with van der Waals surface area (Å²) in [6.07, 6.45) is 2.24. The molecule has 1 aliphatic carbocycles. The number of hydrogen-bond acceptors (Lipinski definition) is 5. The van der Waals surface area contributed by atoms with E-state index in [4.69, 9.17) is 4.74 Å². The maximum absolute atomic E-state index is 9.85. The smallest absolute Gasteiger partial charge is 0.143 e. The minimum atomic E-state index is -0.553. The van der Waals surface area contributed by atoms with Crippen molar-refractivity contribution in [3.63, 3.8) is 0 Å². The summed E-state index contributed by atoms with van der Waals surface area (Å²) in [4.78, 5) is 19.7. The van der Waals surface area contributed by atoms with Crippen molar-refractivity contribution < 1.29 is 21.5 Å². The van der Waals surface area contributed by atoms with E-state index < -0.39 is 12.1 Å². The molecular weight excluding hydrogens is 291 g/mol. The Bertz CT molecular complexity index is 265. The topological polar surface area (TPSA) is 68.1 Å². The van der Waals surface area contributed by atoms with Gasteiger partial charge in [-0.3, -0.25) is 0 Å². The molecule has 0 aromatic heterocycles. The third-order valence-corrected chi connectivity index (χ3v) is 3.47. The molecule has 108 valence electrons. The fraction of sp³-hybridized carbons (Fsp3) is 0.615. The Balaban J connectivity index is 0.000000324.